The van der Waals surface area contributed by atoms with E-state index in [-0.39, 0.29) is 18.1 Å². The van der Waals surface area contributed by atoms with Crippen LogP contribution in [0, 0.1) is 6.92 Å². The van der Waals surface area contributed by atoms with Crippen molar-refractivity contribution in [2.24, 2.45) is 7.05 Å². The monoisotopic (exact) mass is 293 g/mol. The Morgan fingerprint density at radius 3 is 2.86 bits per heavy atom. The van der Waals surface area contributed by atoms with Gasteiger partial charge in [-0.05, 0) is 32.6 Å². The lowest BCUT2D eigenvalue weighted by atomic mass is 10.0. The van der Waals surface area contributed by atoms with E-state index in [0.29, 0.717) is 6.61 Å². The van der Waals surface area contributed by atoms with Gasteiger partial charge in [0.05, 0.1) is 24.4 Å². The zero-order chi connectivity index (χ0) is 15.0. The van der Waals surface area contributed by atoms with E-state index < -0.39 is 0 Å². The number of amides is 1. The maximum Gasteiger partial charge on any atom is 0.252 e. The third kappa shape index (κ3) is 2.41. The average Bonchev–Trinajstić information content (AvgIpc) is 3.16. The van der Waals surface area contributed by atoms with Gasteiger partial charge in [0.15, 0.2) is 0 Å². The number of aryl methyl sites for hydroxylation is 2. The fraction of sp³-hybridized carbons (Fsp3) is 0.733. The number of methoxy groups -OCH3 is 1. The van der Waals surface area contributed by atoms with Crippen LogP contribution in [-0.4, -0.2) is 47.0 Å². The first kappa shape index (κ1) is 14.4. The summed E-state index contributed by atoms with van der Waals surface area (Å²) in [5, 5.41) is 4.44. The quantitative estimate of drug-likeness (QED) is 0.849. The SMILES string of the molecule is COc1c([C@H]2CCCN2C(=O)[C@@H]2CCCO2)c(C)nn1C. The van der Waals surface area contributed by atoms with E-state index in [2.05, 4.69) is 5.10 Å². The molecule has 116 valence electrons. The molecular weight excluding hydrogens is 270 g/mol. The van der Waals surface area contributed by atoms with Crippen molar-refractivity contribution in [1.82, 2.24) is 14.7 Å². The number of carbonyl (C=O) groups is 1. The highest BCUT2D eigenvalue weighted by atomic mass is 16.5. The molecule has 3 rings (SSSR count). The number of nitrogens with zero attached hydrogens (tertiary/aromatic N) is 3. The lowest BCUT2D eigenvalue weighted by molar-refractivity contribution is -0.141. The summed E-state index contributed by atoms with van der Waals surface area (Å²) in [6.45, 7) is 3.47. The molecule has 0 aromatic carbocycles. The number of ether oxygens (including phenoxy) is 2. The molecule has 0 unspecified atom stereocenters. The van der Waals surface area contributed by atoms with E-state index >= 15 is 0 Å². The van der Waals surface area contributed by atoms with Crippen molar-refractivity contribution in [1.29, 1.82) is 0 Å². The predicted molar refractivity (Wildman–Crippen MR) is 77.2 cm³/mol. The van der Waals surface area contributed by atoms with Crippen molar-refractivity contribution < 1.29 is 14.3 Å². The zero-order valence-electron chi connectivity index (χ0n) is 13.0. The molecule has 0 radical (unpaired) electrons. The number of aromatic nitrogens is 2. The third-order valence-corrected chi connectivity index (χ3v) is 4.48. The lowest BCUT2D eigenvalue weighted by Gasteiger charge is -2.27. The number of rotatable bonds is 3. The van der Waals surface area contributed by atoms with Gasteiger partial charge in [-0.2, -0.15) is 5.10 Å². The van der Waals surface area contributed by atoms with E-state index in [4.69, 9.17) is 9.47 Å². The summed E-state index contributed by atoms with van der Waals surface area (Å²) in [5.74, 6) is 0.879. The maximum absolute atomic E-state index is 12.7. The van der Waals surface area contributed by atoms with Gasteiger partial charge >= 0.3 is 0 Å². The molecule has 2 aliphatic heterocycles. The summed E-state index contributed by atoms with van der Waals surface area (Å²) in [5.41, 5.74) is 1.98. The summed E-state index contributed by atoms with van der Waals surface area (Å²) in [6.07, 6.45) is 3.53. The van der Waals surface area contributed by atoms with Crippen molar-refractivity contribution in [3.63, 3.8) is 0 Å². The van der Waals surface area contributed by atoms with Crippen LogP contribution >= 0.6 is 0 Å². The van der Waals surface area contributed by atoms with Crippen LogP contribution in [0.2, 0.25) is 0 Å². The van der Waals surface area contributed by atoms with Gasteiger partial charge in [-0.3, -0.25) is 4.79 Å². The number of likely N-dealkylation sites (tertiary alicyclic amines) is 1. The molecule has 0 spiro atoms. The van der Waals surface area contributed by atoms with Crippen molar-refractivity contribution in [3.05, 3.63) is 11.3 Å². The maximum atomic E-state index is 12.7. The summed E-state index contributed by atoms with van der Waals surface area (Å²) in [4.78, 5) is 14.6. The van der Waals surface area contributed by atoms with Gasteiger partial charge in [0.1, 0.15) is 6.10 Å². The van der Waals surface area contributed by atoms with Crippen LogP contribution in [0.5, 0.6) is 5.88 Å². The van der Waals surface area contributed by atoms with Crippen molar-refractivity contribution in [3.8, 4) is 5.88 Å². The lowest BCUT2D eigenvalue weighted by Crippen LogP contribution is -2.38. The second-order valence-electron chi connectivity index (χ2n) is 5.82. The number of carbonyl (C=O) groups excluding carboxylic acids is 1. The van der Waals surface area contributed by atoms with Crippen LogP contribution in [0.25, 0.3) is 0 Å². The molecule has 21 heavy (non-hydrogen) atoms. The van der Waals surface area contributed by atoms with Gasteiger partial charge in [-0.25, -0.2) is 4.68 Å². The Hall–Kier alpha value is -1.56. The Kier molecular flexibility index (Phi) is 3.89. The summed E-state index contributed by atoms with van der Waals surface area (Å²) in [7, 11) is 3.53. The summed E-state index contributed by atoms with van der Waals surface area (Å²) < 4.78 is 12.8. The topological polar surface area (TPSA) is 56.6 Å². The Morgan fingerprint density at radius 2 is 2.19 bits per heavy atom. The van der Waals surface area contributed by atoms with Gasteiger partial charge in [0.25, 0.3) is 5.91 Å². The first-order chi connectivity index (χ1) is 10.1. The Bertz CT molecular complexity index is 535. The standard InChI is InChI=1S/C15H23N3O3/c1-10-13(15(20-3)17(2)16-10)11-6-4-8-18(11)14(19)12-7-5-9-21-12/h11-12H,4-9H2,1-3H3/t11-,12+/m1/s1. The normalized spacial score (nSPS) is 25.6. The molecule has 0 N–H and O–H groups in total. The molecule has 0 bridgehead atoms. The minimum absolute atomic E-state index is 0.0605. The van der Waals surface area contributed by atoms with Crippen LogP contribution in [0.15, 0.2) is 0 Å². The molecule has 0 saturated carbocycles. The molecule has 2 atom stereocenters. The second-order valence-corrected chi connectivity index (χ2v) is 5.82. The highest BCUT2D eigenvalue weighted by Crippen LogP contribution is 2.39. The second kappa shape index (κ2) is 5.67. The molecule has 2 saturated heterocycles. The molecule has 6 heteroatoms. The molecule has 1 aromatic heterocycles. The molecule has 6 nitrogen and oxygen atoms in total. The Labute approximate surface area is 125 Å². The molecule has 2 fully saturated rings. The predicted octanol–water partition coefficient (Wildman–Crippen LogP) is 1.58. The van der Waals surface area contributed by atoms with Crippen LogP contribution in [0.1, 0.15) is 43.0 Å². The smallest absolute Gasteiger partial charge is 0.252 e. The van der Waals surface area contributed by atoms with Gasteiger partial charge in [0, 0.05) is 20.2 Å². The number of hydrogen-bond acceptors (Lipinski definition) is 4. The first-order valence-electron chi connectivity index (χ1n) is 7.63. The van der Waals surface area contributed by atoms with Gasteiger partial charge in [-0.1, -0.05) is 0 Å². The largest absolute Gasteiger partial charge is 0.481 e. The van der Waals surface area contributed by atoms with Crippen molar-refractivity contribution in [2.75, 3.05) is 20.3 Å². The molecule has 1 aromatic rings. The molecular formula is C15H23N3O3. The van der Waals surface area contributed by atoms with Crippen molar-refractivity contribution >= 4 is 5.91 Å². The molecule has 2 aliphatic rings. The third-order valence-electron chi connectivity index (χ3n) is 4.48. The van der Waals surface area contributed by atoms with E-state index in [1.54, 1.807) is 11.8 Å². The fourth-order valence-electron chi connectivity index (χ4n) is 3.57. The zero-order valence-corrected chi connectivity index (χ0v) is 13.0. The van der Waals surface area contributed by atoms with Gasteiger partial charge in [-0.15, -0.1) is 0 Å². The van der Waals surface area contributed by atoms with E-state index in [1.165, 1.54) is 0 Å². The first-order valence-corrected chi connectivity index (χ1v) is 7.63. The van der Waals surface area contributed by atoms with Crippen LogP contribution in [-0.2, 0) is 16.6 Å². The minimum Gasteiger partial charge on any atom is -0.481 e. The fourth-order valence-corrected chi connectivity index (χ4v) is 3.57. The van der Waals surface area contributed by atoms with Gasteiger partial charge < -0.3 is 14.4 Å². The molecule has 0 aliphatic carbocycles. The highest BCUT2D eigenvalue weighted by molar-refractivity contribution is 5.82. The van der Waals surface area contributed by atoms with Crippen LogP contribution < -0.4 is 4.74 Å². The van der Waals surface area contributed by atoms with E-state index in [9.17, 15) is 4.79 Å². The van der Waals surface area contributed by atoms with Gasteiger partial charge in [0.2, 0.25) is 5.88 Å². The van der Waals surface area contributed by atoms with Crippen LogP contribution in [0.4, 0.5) is 0 Å². The minimum atomic E-state index is -0.256. The Morgan fingerprint density at radius 1 is 1.38 bits per heavy atom. The number of hydrogen-bond donors (Lipinski definition) is 0. The van der Waals surface area contributed by atoms with Crippen LogP contribution in [0.3, 0.4) is 0 Å². The van der Waals surface area contributed by atoms with E-state index in [0.717, 1.165) is 49.4 Å². The molecule has 3 heterocycles. The average molecular weight is 293 g/mol. The summed E-state index contributed by atoms with van der Waals surface area (Å²) >= 11 is 0. The molecule has 1 amide bonds. The Balaban J connectivity index is 1.88. The van der Waals surface area contributed by atoms with E-state index in [1.807, 2.05) is 18.9 Å². The van der Waals surface area contributed by atoms with Crippen molar-refractivity contribution in [2.45, 2.75) is 44.8 Å². The summed E-state index contributed by atoms with van der Waals surface area (Å²) in [6, 6.07) is 0.0605. The highest BCUT2D eigenvalue weighted by Gasteiger charge is 2.38.